The van der Waals surface area contributed by atoms with Gasteiger partial charge in [-0.2, -0.15) is 0 Å². The van der Waals surface area contributed by atoms with Gasteiger partial charge in [0.25, 0.3) is 0 Å². The molecule has 0 aliphatic carbocycles. The van der Waals surface area contributed by atoms with Gasteiger partial charge in [-0.25, -0.2) is 9.97 Å². The summed E-state index contributed by atoms with van der Waals surface area (Å²) < 4.78 is 5.56. The largest absolute Gasteiger partial charge is 0.378 e. The monoisotopic (exact) mass is 352 g/mol. The molecule has 4 rings (SSSR count). The van der Waals surface area contributed by atoms with E-state index >= 15 is 0 Å². The number of nitrogens with zero attached hydrogens (tertiary/aromatic N) is 3. The van der Waals surface area contributed by atoms with Crippen LogP contribution in [0.1, 0.15) is 36.5 Å². The maximum absolute atomic E-state index is 5.56. The number of benzene rings is 1. The summed E-state index contributed by atoms with van der Waals surface area (Å²) in [6.07, 6.45) is 1.96. The normalized spacial score (nSPS) is 18.3. The van der Waals surface area contributed by atoms with Gasteiger partial charge in [0, 0.05) is 37.0 Å². The third kappa shape index (κ3) is 3.33. The highest BCUT2D eigenvalue weighted by Gasteiger charge is 2.30. The van der Waals surface area contributed by atoms with Crippen molar-refractivity contribution in [3.63, 3.8) is 0 Å². The molecule has 0 amide bonds. The summed E-state index contributed by atoms with van der Waals surface area (Å²) in [5.41, 5.74) is 3.56. The molecule has 26 heavy (non-hydrogen) atoms. The summed E-state index contributed by atoms with van der Waals surface area (Å²) in [6, 6.07) is 10.6. The van der Waals surface area contributed by atoms with Crippen LogP contribution >= 0.6 is 0 Å². The zero-order valence-corrected chi connectivity index (χ0v) is 15.8. The van der Waals surface area contributed by atoms with E-state index in [0.717, 1.165) is 63.9 Å². The van der Waals surface area contributed by atoms with Gasteiger partial charge in [-0.15, -0.1) is 0 Å². The molecule has 2 aliphatic rings. The minimum Gasteiger partial charge on any atom is -0.378 e. The molecular weight excluding hydrogens is 324 g/mol. The van der Waals surface area contributed by atoms with Crippen LogP contribution in [0.25, 0.3) is 0 Å². The van der Waals surface area contributed by atoms with Crippen molar-refractivity contribution in [3.05, 3.63) is 53.0 Å². The molecule has 2 aromatic rings. The van der Waals surface area contributed by atoms with E-state index < -0.39 is 0 Å². The number of aromatic nitrogens is 2. The van der Waals surface area contributed by atoms with E-state index in [9.17, 15) is 0 Å². The second-order valence-electron chi connectivity index (χ2n) is 7.64. The smallest absolute Gasteiger partial charge is 0.140 e. The van der Waals surface area contributed by atoms with Crippen molar-refractivity contribution in [1.82, 2.24) is 15.3 Å². The van der Waals surface area contributed by atoms with E-state index in [-0.39, 0.29) is 5.41 Å². The average molecular weight is 352 g/mol. The molecule has 0 spiro atoms. The summed E-state index contributed by atoms with van der Waals surface area (Å²) in [5.74, 6) is 2.05. The third-order valence-corrected chi connectivity index (χ3v) is 5.53. The van der Waals surface area contributed by atoms with Gasteiger partial charge in [-0.3, -0.25) is 0 Å². The van der Waals surface area contributed by atoms with Crippen LogP contribution in [0.4, 0.5) is 5.82 Å². The third-order valence-electron chi connectivity index (χ3n) is 5.53. The quantitative estimate of drug-likeness (QED) is 0.919. The Morgan fingerprint density at radius 3 is 2.50 bits per heavy atom. The zero-order valence-electron chi connectivity index (χ0n) is 15.8. The van der Waals surface area contributed by atoms with E-state index in [2.05, 4.69) is 54.4 Å². The topological polar surface area (TPSA) is 50.3 Å². The van der Waals surface area contributed by atoms with Gasteiger partial charge in [0.2, 0.25) is 0 Å². The lowest BCUT2D eigenvalue weighted by atomic mass is 9.83. The average Bonchev–Trinajstić information content (AvgIpc) is 2.94. The van der Waals surface area contributed by atoms with Gasteiger partial charge in [0.05, 0.1) is 18.9 Å². The highest BCUT2D eigenvalue weighted by molar-refractivity contribution is 5.51. The van der Waals surface area contributed by atoms with Crippen LogP contribution in [0.2, 0.25) is 0 Å². The minimum atomic E-state index is -0.225. The first kappa shape index (κ1) is 17.4. The summed E-state index contributed by atoms with van der Waals surface area (Å²) >= 11 is 0. The van der Waals surface area contributed by atoms with E-state index in [1.807, 2.05) is 0 Å². The summed E-state index contributed by atoms with van der Waals surface area (Å²) in [5, 5.41) is 3.50. The second kappa shape index (κ2) is 7.33. The van der Waals surface area contributed by atoms with Crippen molar-refractivity contribution < 1.29 is 4.74 Å². The Morgan fingerprint density at radius 1 is 1.00 bits per heavy atom. The summed E-state index contributed by atoms with van der Waals surface area (Å²) in [7, 11) is 0. The van der Waals surface area contributed by atoms with Crippen LogP contribution in [0.5, 0.6) is 0 Å². The maximum Gasteiger partial charge on any atom is 0.140 e. The molecule has 0 atom stereocenters. The lowest BCUT2D eigenvalue weighted by molar-refractivity contribution is 0.122. The van der Waals surface area contributed by atoms with Crippen molar-refractivity contribution >= 4 is 5.82 Å². The van der Waals surface area contributed by atoms with Gasteiger partial charge in [0.1, 0.15) is 11.6 Å². The van der Waals surface area contributed by atoms with Crippen molar-refractivity contribution in [3.8, 4) is 0 Å². The van der Waals surface area contributed by atoms with Crippen molar-refractivity contribution in [2.45, 2.75) is 32.1 Å². The molecule has 1 saturated heterocycles. The lowest BCUT2D eigenvalue weighted by Gasteiger charge is -2.32. The maximum atomic E-state index is 5.56. The first-order valence-corrected chi connectivity index (χ1v) is 9.65. The Bertz CT molecular complexity index is 754. The fourth-order valence-electron chi connectivity index (χ4n) is 3.83. The molecule has 1 N–H and O–H groups in total. The zero-order chi connectivity index (χ0) is 18.0. The summed E-state index contributed by atoms with van der Waals surface area (Å²) in [6.45, 7) is 9.78. The Hall–Kier alpha value is -1.98. The number of morpholine rings is 1. The predicted octanol–water partition coefficient (Wildman–Crippen LogP) is 2.33. The molecule has 0 unspecified atom stereocenters. The minimum absolute atomic E-state index is 0.225. The Kier molecular flexibility index (Phi) is 4.92. The van der Waals surface area contributed by atoms with Crippen LogP contribution in [0.15, 0.2) is 30.3 Å². The molecule has 2 aliphatic heterocycles. The van der Waals surface area contributed by atoms with Crippen LogP contribution in [-0.2, 0) is 23.0 Å². The van der Waals surface area contributed by atoms with Gasteiger partial charge in [0.15, 0.2) is 0 Å². The molecule has 3 heterocycles. The van der Waals surface area contributed by atoms with Crippen LogP contribution in [0.3, 0.4) is 0 Å². The number of fused-ring (bicyclic) bond motifs is 1. The molecule has 0 bridgehead atoms. The molecule has 138 valence electrons. The predicted molar refractivity (Wildman–Crippen MR) is 104 cm³/mol. The van der Waals surface area contributed by atoms with Crippen LogP contribution < -0.4 is 10.2 Å². The Morgan fingerprint density at radius 2 is 1.73 bits per heavy atom. The number of anilines is 1. The number of nitrogens with one attached hydrogen (secondary N) is 1. The van der Waals surface area contributed by atoms with E-state index in [1.54, 1.807) is 0 Å². The fourth-order valence-corrected chi connectivity index (χ4v) is 3.83. The number of hydrogen-bond acceptors (Lipinski definition) is 5. The van der Waals surface area contributed by atoms with E-state index in [1.165, 1.54) is 16.8 Å². The Labute approximate surface area is 155 Å². The molecule has 1 aromatic carbocycles. The van der Waals surface area contributed by atoms with Crippen molar-refractivity contribution in [2.75, 3.05) is 44.3 Å². The van der Waals surface area contributed by atoms with E-state index in [0.29, 0.717) is 0 Å². The van der Waals surface area contributed by atoms with E-state index in [4.69, 9.17) is 14.7 Å². The van der Waals surface area contributed by atoms with Gasteiger partial charge < -0.3 is 15.0 Å². The van der Waals surface area contributed by atoms with Crippen molar-refractivity contribution in [2.24, 2.45) is 0 Å². The van der Waals surface area contributed by atoms with Gasteiger partial charge in [-0.1, -0.05) is 30.3 Å². The number of hydrogen-bond donors (Lipinski definition) is 1. The molecular formula is C21H28N4O. The lowest BCUT2D eigenvalue weighted by Crippen LogP contribution is -2.38. The highest BCUT2D eigenvalue weighted by atomic mass is 16.5. The SMILES string of the molecule is CC(C)(c1ccccc1)c1nc2c(c(N3CCOCC3)n1)CCNCC2. The van der Waals surface area contributed by atoms with Crippen molar-refractivity contribution in [1.29, 1.82) is 0 Å². The van der Waals surface area contributed by atoms with Gasteiger partial charge >= 0.3 is 0 Å². The molecule has 0 saturated carbocycles. The number of rotatable bonds is 3. The second-order valence-corrected chi connectivity index (χ2v) is 7.64. The molecule has 5 heteroatoms. The fraction of sp³-hybridized carbons (Fsp3) is 0.524. The first-order valence-electron chi connectivity index (χ1n) is 9.65. The highest BCUT2D eigenvalue weighted by Crippen LogP contribution is 2.33. The molecule has 1 fully saturated rings. The van der Waals surface area contributed by atoms with Crippen LogP contribution in [-0.4, -0.2) is 49.4 Å². The first-order chi connectivity index (χ1) is 12.7. The summed E-state index contributed by atoms with van der Waals surface area (Å²) in [4.78, 5) is 12.6. The number of ether oxygens (including phenoxy) is 1. The standard InChI is InChI=1S/C21H28N4O/c1-21(2,16-6-4-3-5-7-16)20-23-18-9-11-22-10-8-17(18)19(24-20)25-12-14-26-15-13-25/h3-7,22H,8-15H2,1-2H3. The molecule has 1 aromatic heterocycles. The molecule has 0 radical (unpaired) electrons. The Balaban J connectivity index is 1.81. The van der Waals surface area contributed by atoms with Crippen LogP contribution in [0, 0.1) is 0 Å². The van der Waals surface area contributed by atoms with Gasteiger partial charge in [-0.05, 0) is 32.4 Å². The molecule has 5 nitrogen and oxygen atoms in total.